The van der Waals surface area contributed by atoms with Crippen molar-refractivity contribution in [3.8, 4) is 11.5 Å². The molecule has 3 rings (SSSR count). The average Bonchev–Trinajstić information content (AvgIpc) is 3.11. The summed E-state index contributed by atoms with van der Waals surface area (Å²) in [6, 6.07) is 14.5. The number of amides is 2. The molecule has 0 spiro atoms. The molecule has 1 heterocycles. The number of anilines is 1. The van der Waals surface area contributed by atoms with Crippen LogP contribution in [0.4, 0.5) is 11.4 Å². The van der Waals surface area contributed by atoms with Crippen LogP contribution >= 0.6 is 11.8 Å². The molecule has 9 heteroatoms. The Labute approximate surface area is 198 Å². The van der Waals surface area contributed by atoms with E-state index in [9.17, 15) is 9.59 Å². The summed E-state index contributed by atoms with van der Waals surface area (Å²) < 4.78 is 15.9. The lowest BCUT2D eigenvalue weighted by molar-refractivity contribution is -0.128. The minimum absolute atomic E-state index is 0.0329. The van der Waals surface area contributed by atoms with Crippen LogP contribution in [0.25, 0.3) is 0 Å². The maximum atomic E-state index is 13.1. The summed E-state index contributed by atoms with van der Waals surface area (Å²) in [5.74, 6) is 0.911. The van der Waals surface area contributed by atoms with Crippen molar-refractivity contribution in [1.82, 2.24) is 4.90 Å². The Morgan fingerprint density at radius 1 is 1.12 bits per heavy atom. The van der Waals surface area contributed by atoms with Crippen LogP contribution in [0.3, 0.4) is 0 Å². The number of amidine groups is 1. The SMILES string of the molecule is CCOCCCN1C(=O)C(CC(=O)Nc2ccccc2OC)SC1=Nc1ccc(OC)cc1. The summed E-state index contributed by atoms with van der Waals surface area (Å²) in [7, 11) is 3.15. The van der Waals surface area contributed by atoms with Crippen molar-refractivity contribution in [3.05, 3.63) is 48.5 Å². The van der Waals surface area contributed by atoms with Crippen molar-refractivity contribution in [2.24, 2.45) is 4.99 Å². The van der Waals surface area contributed by atoms with E-state index in [4.69, 9.17) is 14.2 Å². The largest absolute Gasteiger partial charge is 0.497 e. The molecule has 0 saturated carbocycles. The van der Waals surface area contributed by atoms with E-state index in [1.54, 1.807) is 31.3 Å². The van der Waals surface area contributed by atoms with E-state index >= 15 is 0 Å². The average molecular weight is 472 g/mol. The first-order valence-electron chi connectivity index (χ1n) is 10.8. The highest BCUT2D eigenvalue weighted by molar-refractivity contribution is 8.15. The molecule has 0 aromatic heterocycles. The van der Waals surface area contributed by atoms with Crippen LogP contribution < -0.4 is 14.8 Å². The van der Waals surface area contributed by atoms with Crippen LogP contribution in [0.2, 0.25) is 0 Å². The Morgan fingerprint density at radius 3 is 2.58 bits per heavy atom. The second-order valence-corrected chi connectivity index (χ2v) is 8.36. The highest BCUT2D eigenvalue weighted by Gasteiger charge is 2.39. The molecule has 1 atom stereocenters. The number of ether oxygens (including phenoxy) is 3. The highest BCUT2D eigenvalue weighted by atomic mass is 32.2. The lowest BCUT2D eigenvalue weighted by Crippen LogP contribution is -2.34. The summed E-state index contributed by atoms with van der Waals surface area (Å²) in [4.78, 5) is 32.2. The molecule has 1 unspecified atom stereocenters. The van der Waals surface area contributed by atoms with Crippen molar-refractivity contribution >= 4 is 40.1 Å². The van der Waals surface area contributed by atoms with Crippen LogP contribution in [0.15, 0.2) is 53.5 Å². The monoisotopic (exact) mass is 471 g/mol. The number of thioether (sulfide) groups is 1. The molecule has 2 aromatic rings. The summed E-state index contributed by atoms with van der Waals surface area (Å²) in [6.07, 6.45) is 0.715. The van der Waals surface area contributed by atoms with Gasteiger partial charge in [-0.1, -0.05) is 23.9 Å². The van der Waals surface area contributed by atoms with Gasteiger partial charge in [-0.3, -0.25) is 14.5 Å². The first-order chi connectivity index (χ1) is 16.0. The number of nitrogens with zero attached hydrogens (tertiary/aromatic N) is 2. The smallest absolute Gasteiger partial charge is 0.242 e. The molecule has 1 N–H and O–H groups in total. The summed E-state index contributed by atoms with van der Waals surface area (Å²) in [5, 5.41) is 2.87. The van der Waals surface area contributed by atoms with Gasteiger partial charge in [-0.15, -0.1) is 0 Å². The molecule has 176 valence electrons. The minimum Gasteiger partial charge on any atom is -0.497 e. The highest BCUT2D eigenvalue weighted by Crippen LogP contribution is 2.33. The molecule has 0 aliphatic carbocycles. The third-order valence-corrected chi connectivity index (χ3v) is 6.12. The molecule has 1 fully saturated rings. The molecule has 33 heavy (non-hydrogen) atoms. The molecule has 2 aromatic carbocycles. The van der Waals surface area contributed by atoms with E-state index in [1.165, 1.54) is 11.8 Å². The van der Waals surface area contributed by atoms with Crippen molar-refractivity contribution in [3.63, 3.8) is 0 Å². The molecule has 0 radical (unpaired) electrons. The molecule has 1 aliphatic heterocycles. The van der Waals surface area contributed by atoms with Crippen molar-refractivity contribution in [2.45, 2.75) is 25.0 Å². The van der Waals surface area contributed by atoms with Crippen LogP contribution in [0, 0.1) is 0 Å². The number of para-hydroxylation sites is 2. The van der Waals surface area contributed by atoms with Gasteiger partial charge in [0.25, 0.3) is 0 Å². The Kier molecular flexibility index (Phi) is 9.14. The molecule has 0 bridgehead atoms. The topological polar surface area (TPSA) is 89.5 Å². The summed E-state index contributed by atoms with van der Waals surface area (Å²) in [6.45, 7) is 3.59. The van der Waals surface area contributed by atoms with Gasteiger partial charge in [-0.2, -0.15) is 0 Å². The number of rotatable bonds is 11. The number of carbonyl (C=O) groups excluding carboxylic acids is 2. The summed E-state index contributed by atoms with van der Waals surface area (Å²) in [5.41, 5.74) is 1.28. The number of benzene rings is 2. The maximum absolute atomic E-state index is 13.1. The molecule has 8 nitrogen and oxygen atoms in total. The van der Waals surface area contributed by atoms with E-state index in [0.717, 1.165) is 5.75 Å². The number of hydrogen-bond donors (Lipinski definition) is 1. The van der Waals surface area contributed by atoms with Crippen molar-refractivity contribution < 1.29 is 23.8 Å². The zero-order valence-electron chi connectivity index (χ0n) is 19.1. The van der Waals surface area contributed by atoms with Gasteiger partial charge in [0, 0.05) is 26.2 Å². The predicted octanol–water partition coefficient (Wildman–Crippen LogP) is 4.09. The first kappa shape index (κ1) is 24.6. The van der Waals surface area contributed by atoms with E-state index in [-0.39, 0.29) is 18.2 Å². The van der Waals surface area contributed by atoms with Crippen LogP contribution in [0.1, 0.15) is 19.8 Å². The molecular weight excluding hydrogens is 442 g/mol. The van der Waals surface area contributed by atoms with E-state index in [1.807, 2.05) is 43.3 Å². The third-order valence-electron chi connectivity index (χ3n) is 4.94. The van der Waals surface area contributed by atoms with Gasteiger partial charge in [0.1, 0.15) is 16.7 Å². The normalized spacial score (nSPS) is 16.8. The lowest BCUT2D eigenvalue weighted by atomic mass is 10.2. The standard InChI is InChI=1S/C24H29N3O5S/c1-4-32-15-7-14-27-23(29)21(16-22(28)26-19-8-5-6-9-20(19)31-3)33-24(27)25-17-10-12-18(30-2)13-11-17/h5-6,8-13,21H,4,7,14-16H2,1-3H3,(H,26,28). The second-order valence-electron chi connectivity index (χ2n) is 7.19. The Balaban J connectivity index is 1.73. The number of methoxy groups -OCH3 is 2. The molecule has 1 saturated heterocycles. The number of carbonyl (C=O) groups is 2. The summed E-state index contributed by atoms with van der Waals surface area (Å²) >= 11 is 1.31. The Morgan fingerprint density at radius 2 is 1.88 bits per heavy atom. The zero-order chi connectivity index (χ0) is 23.6. The van der Waals surface area contributed by atoms with Gasteiger partial charge in [0.2, 0.25) is 11.8 Å². The minimum atomic E-state index is -0.552. The third kappa shape index (κ3) is 6.72. The van der Waals surface area contributed by atoms with Crippen LogP contribution in [-0.4, -0.2) is 61.1 Å². The van der Waals surface area contributed by atoms with Crippen LogP contribution in [0.5, 0.6) is 11.5 Å². The molecular formula is C24H29N3O5S. The fourth-order valence-corrected chi connectivity index (χ4v) is 4.47. The van der Waals surface area contributed by atoms with Gasteiger partial charge in [-0.05, 0) is 49.7 Å². The van der Waals surface area contributed by atoms with Gasteiger partial charge >= 0.3 is 0 Å². The van der Waals surface area contributed by atoms with Crippen molar-refractivity contribution in [1.29, 1.82) is 0 Å². The molecule has 1 aliphatic rings. The maximum Gasteiger partial charge on any atom is 0.242 e. The van der Waals surface area contributed by atoms with Gasteiger partial charge in [0.15, 0.2) is 5.17 Å². The van der Waals surface area contributed by atoms with Gasteiger partial charge in [0.05, 0.1) is 25.6 Å². The fraction of sp³-hybridized carbons (Fsp3) is 0.375. The molecule has 2 amide bonds. The fourth-order valence-electron chi connectivity index (χ4n) is 3.28. The number of aliphatic imine (C=N–C) groups is 1. The number of nitrogens with one attached hydrogen (secondary N) is 1. The van der Waals surface area contributed by atoms with E-state index in [2.05, 4.69) is 10.3 Å². The lowest BCUT2D eigenvalue weighted by Gasteiger charge is -2.16. The van der Waals surface area contributed by atoms with E-state index in [0.29, 0.717) is 48.5 Å². The van der Waals surface area contributed by atoms with Gasteiger partial charge in [-0.25, -0.2) is 4.99 Å². The first-order valence-corrected chi connectivity index (χ1v) is 11.6. The Bertz CT molecular complexity index is 980. The van der Waals surface area contributed by atoms with Crippen LogP contribution in [-0.2, 0) is 14.3 Å². The number of hydrogen-bond acceptors (Lipinski definition) is 7. The Hall–Kier alpha value is -3.04. The van der Waals surface area contributed by atoms with E-state index < -0.39 is 5.25 Å². The quantitative estimate of drug-likeness (QED) is 0.497. The van der Waals surface area contributed by atoms with Gasteiger partial charge < -0.3 is 19.5 Å². The predicted molar refractivity (Wildman–Crippen MR) is 131 cm³/mol. The zero-order valence-corrected chi connectivity index (χ0v) is 19.9. The van der Waals surface area contributed by atoms with Crippen molar-refractivity contribution in [2.75, 3.05) is 39.3 Å². The second kappa shape index (κ2) is 12.3.